The molecule has 0 aromatic carbocycles. The Labute approximate surface area is 124 Å². The van der Waals surface area contributed by atoms with E-state index in [2.05, 4.69) is 41.2 Å². The zero-order chi connectivity index (χ0) is 15.2. The van der Waals surface area contributed by atoms with Gasteiger partial charge in [0.1, 0.15) is 18.0 Å². The summed E-state index contributed by atoms with van der Waals surface area (Å²) in [5, 5.41) is 7.68. The van der Waals surface area contributed by atoms with Gasteiger partial charge in [-0.05, 0) is 38.4 Å². The number of nitrogens with one attached hydrogen (secondary N) is 1. The lowest BCUT2D eigenvalue weighted by atomic mass is 10.0. The van der Waals surface area contributed by atoms with Crippen LogP contribution in [0, 0.1) is 5.82 Å². The maximum absolute atomic E-state index is 13.4. The van der Waals surface area contributed by atoms with Crippen molar-refractivity contribution in [2.24, 2.45) is 0 Å². The second kappa shape index (κ2) is 7.26. The predicted octanol–water partition coefficient (Wildman–Crippen LogP) is 2.68. The molecule has 0 aliphatic rings. The molecule has 2 rings (SSSR count). The molecular formula is C15H22FN5. The molecule has 0 aliphatic heterocycles. The molecular weight excluding hydrogens is 269 g/mol. The van der Waals surface area contributed by atoms with E-state index in [0.29, 0.717) is 6.42 Å². The molecule has 1 N–H and O–H groups in total. The maximum atomic E-state index is 13.4. The lowest BCUT2D eigenvalue weighted by Crippen LogP contribution is -2.26. The minimum atomic E-state index is -0.318. The third-order valence-electron chi connectivity index (χ3n) is 3.29. The van der Waals surface area contributed by atoms with E-state index in [4.69, 9.17) is 0 Å². The normalized spacial score (nSPS) is 12.8. The first kappa shape index (κ1) is 15.6. The molecule has 0 aliphatic carbocycles. The number of nitrogens with zero attached hydrogens (tertiary/aromatic N) is 4. The van der Waals surface area contributed by atoms with Crippen LogP contribution in [0.3, 0.4) is 0 Å². The van der Waals surface area contributed by atoms with Gasteiger partial charge in [-0.3, -0.25) is 4.98 Å². The van der Waals surface area contributed by atoms with E-state index in [1.54, 1.807) is 12.5 Å². The highest BCUT2D eigenvalue weighted by Gasteiger charge is 2.17. The van der Waals surface area contributed by atoms with Crippen LogP contribution in [-0.2, 0) is 6.42 Å². The fourth-order valence-electron chi connectivity index (χ4n) is 2.28. The van der Waals surface area contributed by atoms with Gasteiger partial charge in [-0.15, -0.1) is 0 Å². The van der Waals surface area contributed by atoms with E-state index in [-0.39, 0.29) is 17.9 Å². The van der Waals surface area contributed by atoms with Crippen molar-refractivity contribution in [3.05, 3.63) is 42.0 Å². The number of halogens is 1. The van der Waals surface area contributed by atoms with Gasteiger partial charge >= 0.3 is 0 Å². The number of aromatic nitrogens is 4. The first-order valence-corrected chi connectivity index (χ1v) is 7.34. The Bertz CT molecular complexity index is 567. The quantitative estimate of drug-likeness (QED) is 0.852. The highest BCUT2D eigenvalue weighted by Crippen LogP contribution is 2.19. The van der Waals surface area contributed by atoms with Gasteiger partial charge in [0.05, 0.1) is 6.20 Å². The van der Waals surface area contributed by atoms with Crippen molar-refractivity contribution in [3.8, 4) is 0 Å². The van der Waals surface area contributed by atoms with Crippen molar-refractivity contribution in [2.45, 2.75) is 45.7 Å². The van der Waals surface area contributed by atoms with Crippen molar-refractivity contribution in [1.29, 1.82) is 0 Å². The van der Waals surface area contributed by atoms with Crippen molar-refractivity contribution >= 4 is 0 Å². The Hall–Kier alpha value is -1.82. The standard InChI is InChI=1S/C15H22FN5/c1-4-5-18-14(12-6-13(16)9-17-8-12)7-15-19-10-20-21(15)11(2)3/h6,8-11,14,18H,4-5,7H2,1-3H3. The van der Waals surface area contributed by atoms with E-state index in [9.17, 15) is 4.39 Å². The van der Waals surface area contributed by atoms with Crippen LogP contribution in [0.5, 0.6) is 0 Å². The second-order valence-electron chi connectivity index (χ2n) is 5.36. The molecule has 2 aromatic rings. The van der Waals surface area contributed by atoms with Gasteiger partial charge < -0.3 is 5.32 Å². The summed E-state index contributed by atoms with van der Waals surface area (Å²) in [4.78, 5) is 8.27. The molecule has 0 saturated carbocycles. The molecule has 0 saturated heterocycles. The van der Waals surface area contributed by atoms with Crippen LogP contribution >= 0.6 is 0 Å². The Balaban J connectivity index is 2.22. The van der Waals surface area contributed by atoms with E-state index in [1.165, 1.54) is 12.3 Å². The fraction of sp³-hybridized carbons (Fsp3) is 0.533. The molecule has 114 valence electrons. The fourth-order valence-corrected chi connectivity index (χ4v) is 2.28. The number of hydrogen-bond donors (Lipinski definition) is 1. The van der Waals surface area contributed by atoms with Crippen LogP contribution < -0.4 is 5.32 Å². The van der Waals surface area contributed by atoms with Gasteiger partial charge in [0.25, 0.3) is 0 Å². The van der Waals surface area contributed by atoms with Gasteiger partial charge in [0, 0.05) is 24.7 Å². The SMILES string of the molecule is CCCNC(Cc1ncnn1C(C)C)c1cncc(F)c1. The van der Waals surface area contributed by atoms with Gasteiger partial charge in [0.15, 0.2) is 0 Å². The van der Waals surface area contributed by atoms with Gasteiger partial charge in [-0.1, -0.05) is 6.92 Å². The average molecular weight is 291 g/mol. The minimum Gasteiger partial charge on any atom is -0.310 e. The summed E-state index contributed by atoms with van der Waals surface area (Å²) in [5.41, 5.74) is 0.835. The van der Waals surface area contributed by atoms with Crippen molar-refractivity contribution < 1.29 is 4.39 Å². The summed E-state index contributed by atoms with van der Waals surface area (Å²) in [6, 6.07) is 1.76. The van der Waals surface area contributed by atoms with Gasteiger partial charge in [0.2, 0.25) is 0 Å². The number of rotatable bonds is 7. The Morgan fingerprint density at radius 3 is 2.81 bits per heavy atom. The summed E-state index contributed by atoms with van der Waals surface area (Å²) >= 11 is 0. The number of pyridine rings is 1. The molecule has 21 heavy (non-hydrogen) atoms. The van der Waals surface area contributed by atoms with E-state index in [1.807, 2.05) is 4.68 Å². The topological polar surface area (TPSA) is 55.6 Å². The maximum Gasteiger partial charge on any atom is 0.141 e. The van der Waals surface area contributed by atoms with Crippen LogP contribution in [0.15, 0.2) is 24.8 Å². The van der Waals surface area contributed by atoms with Gasteiger partial charge in [-0.2, -0.15) is 5.10 Å². The molecule has 0 bridgehead atoms. The van der Waals surface area contributed by atoms with Crippen molar-refractivity contribution in [1.82, 2.24) is 25.1 Å². The Morgan fingerprint density at radius 1 is 1.33 bits per heavy atom. The zero-order valence-corrected chi connectivity index (χ0v) is 12.8. The smallest absolute Gasteiger partial charge is 0.141 e. The lowest BCUT2D eigenvalue weighted by Gasteiger charge is -2.19. The van der Waals surface area contributed by atoms with Crippen molar-refractivity contribution in [3.63, 3.8) is 0 Å². The van der Waals surface area contributed by atoms with Crippen LogP contribution in [-0.4, -0.2) is 26.3 Å². The lowest BCUT2D eigenvalue weighted by molar-refractivity contribution is 0.461. The molecule has 6 heteroatoms. The molecule has 0 radical (unpaired) electrons. The summed E-state index contributed by atoms with van der Waals surface area (Å²) < 4.78 is 15.3. The third-order valence-corrected chi connectivity index (χ3v) is 3.29. The first-order chi connectivity index (χ1) is 10.1. The molecule has 2 aromatic heterocycles. The van der Waals surface area contributed by atoms with E-state index < -0.39 is 0 Å². The highest BCUT2D eigenvalue weighted by atomic mass is 19.1. The monoisotopic (exact) mass is 291 g/mol. The average Bonchev–Trinajstić information content (AvgIpc) is 2.91. The minimum absolute atomic E-state index is 0.0187. The van der Waals surface area contributed by atoms with Crippen LogP contribution in [0.25, 0.3) is 0 Å². The van der Waals surface area contributed by atoms with E-state index in [0.717, 1.165) is 24.4 Å². The third kappa shape index (κ3) is 4.07. The van der Waals surface area contributed by atoms with Crippen LogP contribution in [0.4, 0.5) is 4.39 Å². The Morgan fingerprint density at radius 2 is 2.14 bits per heavy atom. The van der Waals surface area contributed by atoms with Crippen molar-refractivity contribution in [2.75, 3.05) is 6.54 Å². The molecule has 0 spiro atoms. The predicted molar refractivity (Wildman–Crippen MR) is 79.3 cm³/mol. The summed E-state index contributed by atoms with van der Waals surface area (Å²) in [6.45, 7) is 7.09. The van der Waals surface area contributed by atoms with Gasteiger partial charge in [-0.25, -0.2) is 14.1 Å². The van der Waals surface area contributed by atoms with E-state index >= 15 is 0 Å². The summed E-state index contributed by atoms with van der Waals surface area (Å²) in [5.74, 6) is 0.573. The number of hydrogen-bond acceptors (Lipinski definition) is 4. The van der Waals surface area contributed by atoms with Crippen LogP contribution in [0.2, 0.25) is 0 Å². The summed E-state index contributed by atoms with van der Waals surface area (Å²) in [7, 11) is 0. The summed E-state index contributed by atoms with van der Waals surface area (Å²) in [6.07, 6.45) is 6.15. The molecule has 0 fully saturated rings. The molecule has 5 nitrogen and oxygen atoms in total. The molecule has 2 heterocycles. The zero-order valence-electron chi connectivity index (χ0n) is 12.8. The largest absolute Gasteiger partial charge is 0.310 e. The molecule has 1 atom stereocenters. The van der Waals surface area contributed by atoms with Crippen LogP contribution in [0.1, 0.15) is 50.7 Å². The highest BCUT2D eigenvalue weighted by molar-refractivity contribution is 5.16. The molecule has 1 unspecified atom stereocenters. The second-order valence-corrected chi connectivity index (χ2v) is 5.36. The Kier molecular flexibility index (Phi) is 5.38. The molecule has 0 amide bonds. The first-order valence-electron chi connectivity index (χ1n) is 7.34.